The minimum atomic E-state index is 0.0899. The number of nitrogens with one attached hydrogen (secondary N) is 1. The Balaban J connectivity index is 1.52. The van der Waals surface area contributed by atoms with Crippen LogP contribution in [0.4, 0.5) is 0 Å². The van der Waals surface area contributed by atoms with Gasteiger partial charge in [0.1, 0.15) is 0 Å². The van der Waals surface area contributed by atoms with Gasteiger partial charge >= 0.3 is 0 Å². The van der Waals surface area contributed by atoms with Crippen LogP contribution in [0.2, 0.25) is 0 Å². The van der Waals surface area contributed by atoms with E-state index in [9.17, 15) is 4.79 Å². The van der Waals surface area contributed by atoms with Gasteiger partial charge in [0.05, 0.1) is 6.20 Å². The molecular weight excluding hydrogens is 298 g/mol. The van der Waals surface area contributed by atoms with E-state index in [0.717, 1.165) is 18.4 Å². The van der Waals surface area contributed by atoms with E-state index >= 15 is 0 Å². The Morgan fingerprint density at radius 1 is 1.17 bits per heavy atom. The molecule has 2 aromatic carbocycles. The topological polar surface area (TPSA) is 46.9 Å². The van der Waals surface area contributed by atoms with Crippen molar-refractivity contribution in [1.29, 1.82) is 0 Å². The Morgan fingerprint density at radius 2 is 1.96 bits per heavy atom. The molecule has 0 spiro atoms. The summed E-state index contributed by atoms with van der Waals surface area (Å²) in [6, 6.07) is 14.9. The quantitative estimate of drug-likeness (QED) is 0.757. The first kappa shape index (κ1) is 16.2. The number of aryl methyl sites for hydroxylation is 2. The van der Waals surface area contributed by atoms with Crippen LogP contribution in [0.5, 0.6) is 0 Å². The zero-order chi connectivity index (χ0) is 16.9. The van der Waals surface area contributed by atoms with Crippen molar-refractivity contribution in [2.45, 2.75) is 32.2 Å². The molecule has 4 heteroatoms. The fourth-order valence-corrected chi connectivity index (χ4v) is 2.98. The number of hydrogen-bond acceptors (Lipinski definition) is 2. The van der Waals surface area contributed by atoms with E-state index in [1.165, 1.54) is 16.3 Å². The summed E-state index contributed by atoms with van der Waals surface area (Å²) in [6.45, 7) is 2.05. The normalized spacial score (nSPS) is 12.2. The second-order valence-electron chi connectivity index (χ2n) is 6.38. The summed E-state index contributed by atoms with van der Waals surface area (Å²) in [4.78, 5) is 12.1. The van der Waals surface area contributed by atoms with Crippen molar-refractivity contribution < 1.29 is 4.79 Å². The molecule has 0 aliphatic heterocycles. The van der Waals surface area contributed by atoms with Crippen molar-refractivity contribution in [1.82, 2.24) is 15.1 Å². The maximum absolute atomic E-state index is 12.1. The number of benzene rings is 2. The number of amides is 1. The molecule has 3 aromatic rings. The molecule has 0 fully saturated rings. The monoisotopic (exact) mass is 321 g/mol. The van der Waals surface area contributed by atoms with E-state index in [-0.39, 0.29) is 11.9 Å². The van der Waals surface area contributed by atoms with Crippen LogP contribution in [0.3, 0.4) is 0 Å². The molecule has 1 atom stereocenters. The largest absolute Gasteiger partial charge is 0.353 e. The van der Waals surface area contributed by atoms with Gasteiger partial charge in [-0.15, -0.1) is 0 Å². The second-order valence-corrected chi connectivity index (χ2v) is 6.38. The third-order valence-electron chi connectivity index (χ3n) is 4.16. The molecule has 1 aromatic heterocycles. The molecule has 1 N–H and O–H groups in total. The van der Waals surface area contributed by atoms with Gasteiger partial charge in [-0.05, 0) is 41.7 Å². The average Bonchev–Trinajstić information content (AvgIpc) is 2.98. The number of carbonyl (C=O) groups excluding carboxylic acids is 1. The Bertz CT molecular complexity index is 838. The van der Waals surface area contributed by atoms with Gasteiger partial charge in [-0.3, -0.25) is 9.48 Å². The van der Waals surface area contributed by atoms with Crippen LogP contribution in [-0.4, -0.2) is 21.7 Å². The highest BCUT2D eigenvalue weighted by Gasteiger charge is 2.09. The van der Waals surface area contributed by atoms with Crippen molar-refractivity contribution in [2.24, 2.45) is 7.05 Å². The lowest BCUT2D eigenvalue weighted by atomic mass is 10.0. The molecule has 0 saturated carbocycles. The third-order valence-corrected chi connectivity index (χ3v) is 4.16. The number of aromatic nitrogens is 2. The number of rotatable bonds is 6. The minimum absolute atomic E-state index is 0.0899. The summed E-state index contributed by atoms with van der Waals surface area (Å²) in [7, 11) is 1.88. The summed E-state index contributed by atoms with van der Waals surface area (Å²) < 4.78 is 1.76. The molecule has 3 rings (SSSR count). The van der Waals surface area contributed by atoms with E-state index in [0.29, 0.717) is 6.42 Å². The Labute approximate surface area is 142 Å². The molecule has 1 heterocycles. The molecule has 0 unspecified atom stereocenters. The van der Waals surface area contributed by atoms with E-state index in [1.54, 1.807) is 4.68 Å². The molecule has 24 heavy (non-hydrogen) atoms. The lowest BCUT2D eigenvalue weighted by Crippen LogP contribution is -2.34. The van der Waals surface area contributed by atoms with Gasteiger partial charge in [0.2, 0.25) is 5.91 Å². The fourth-order valence-electron chi connectivity index (χ4n) is 2.98. The highest BCUT2D eigenvalue weighted by Crippen LogP contribution is 2.16. The number of hydrogen-bond donors (Lipinski definition) is 1. The summed E-state index contributed by atoms with van der Waals surface area (Å²) in [5.74, 6) is 0.0899. The smallest absolute Gasteiger partial charge is 0.220 e. The van der Waals surface area contributed by atoms with Crippen molar-refractivity contribution in [3.8, 4) is 0 Å². The van der Waals surface area contributed by atoms with Gasteiger partial charge in [0.25, 0.3) is 0 Å². The first-order valence-electron chi connectivity index (χ1n) is 8.35. The lowest BCUT2D eigenvalue weighted by molar-refractivity contribution is -0.121. The van der Waals surface area contributed by atoms with E-state index in [2.05, 4.69) is 53.7 Å². The van der Waals surface area contributed by atoms with Gasteiger partial charge in [0, 0.05) is 25.7 Å². The number of carbonyl (C=O) groups is 1. The number of nitrogens with zero attached hydrogens (tertiary/aromatic N) is 2. The Morgan fingerprint density at radius 3 is 2.71 bits per heavy atom. The van der Waals surface area contributed by atoms with Crippen LogP contribution in [-0.2, 0) is 24.7 Å². The van der Waals surface area contributed by atoms with Crippen molar-refractivity contribution in [3.63, 3.8) is 0 Å². The molecule has 124 valence electrons. The van der Waals surface area contributed by atoms with Crippen molar-refractivity contribution >= 4 is 16.7 Å². The van der Waals surface area contributed by atoms with Gasteiger partial charge in [-0.25, -0.2) is 0 Å². The van der Waals surface area contributed by atoms with Crippen LogP contribution in [0, 0.1) is 0 Å². The van der Waals surface area contributed by atoms with Crippen LogP contribution in [0.15, 0.2) is 54.9 Å². The molecule has 0 radical (unpaired) electrons. The zero-order valence-corrected chi connectivity index (χ0v) is 14.2. The van der Waals surface area contributed by atoms with Gasteiger partial charge in [-0.1, -0.05) is 42.5 Å². The maximum Gasteiger partial charge on any atom is 0.220 e. The first-order valence-corrected chi connectivity index (χ1v) is 8.35. The minimum Gasteiger partial charge on any atom is -0.353 e. The number of fused-ring (bicyclic) bond motifs is 1. The molecule has 0 aliphatic carbocycles. The van der Waals surface area contributed by atoms with Crippen LogP contribution < -0.4 is 5.32 Å². The Kier molecular flexibility index (Phi) is 4.94. The van der Waals surface area contributed by atoms with Crippen molar-refractivity contribution in [2.75, 3.05) is 0 Å². The average molecular weight is 321 g/mol. The SMILES string of the molecule is C[C@@H](Cc1ccc2ccccc2c1)NC(=O)CCc1cnn(C)c1. The molecule has 0 aliphatic rings. The zero-order valence-electron chi connectivity index (χ0n) is 14.2. The molecule has 0 saturated heterocycles. The van der Waals surface area contributed by atoms with Gasteiger partial charge < -0.3 is 5.32 Å². The first-order chi connectivity index (χ1) is 11.6. The van der Waals surface area contributed by atoms with E-state index in [4.69, 9.17) is 0 Å². The van der Waals surface area contributed by atoms with Crippen molar-refractivity contribution in [3.05, 3.63) is 66.0 Å². The summed E-state index contributed by atoms with van der Waals surface area (Å²) in [5, 5.41) is 9.69. The summed E-state index contributed by atoms with van der Waals surface area (Å²) in [5.41, 5.74) is 2.34. The van der Waals surface area contributed by atoms with Crippen LogP contribution in [0.1, 0.15) is 24.5 Å². The molecular formula is C20H23N3O. The highest BCUT2D eigenvalue weighted by molar-refractivity contribution is 5.83. The van der Waals surface area contributed by atoms with Gasteiger partial charge in [0.15, 0.2) is 0 Å². The van der Waals surface area contributed by atoms with Gasteiger partial charge in [-0.2, -0.15) is 5.10 Å². The van der Waals surface area contributed by atoms with Crippen LogP contribution >= 0.6 is 0 Å². The third kappa shape index (κ3) is 4.22. The fraction of sp³-hybridized carbons (Fsp3) is 0.300. The van der Waals surface area contributed by atoms with E-state index < -0.39 is 0 Å². The summed E-state index contributed by atoms with van der Waals surface area (Å²) in [6.07, 6.45) is 5.82. The summed E-state index contributed by atoms with van der Waals surface area (Å²) >= 11 is 0. The predicted molar refractivity (Wildman–Crippen MR) is 96.8 cm³/mol. The lowest BCUT2D eigenvalue weighted by Gasteiger charge is -2.14. The maximum atomic E-state index is 12.1. The standard InChI is InChI=1S/C20H23N3O/c1-15(22-20(24)10-8-17-13-21-23(2)14-17)11-16-7-9-18-5-3-4-6-19(18)12-16/h3-7,9,12-15H,8,10-11H2,1-2H3,(H,22,24)/t15-/m0/s1. The Hall–Kier alpha value is -2.62. The predicted octanol–water partition coefficient (Wildman–Crippen LogP) is 3.25. The molecule has 0 bridgehead atoms. The van der Waals surface area contributed by atoms with E-state index in [1.807, 2.05) is 25.5 Å². The molecule has 4 nitrogen and oxygen atoms in total. The highest BCUT2D eigenvalue weighted by atomic mass is 16.1. The van der Waals surface area contributed by atoms with Crippen LogP contribution in [0.25, 0.3) is 10.8 Å². The molecule has 1 amide bonds. The second kappa shape index (κ2) is 7.30.